The SMILES string of the molecule is CCC(O[C@@H]1C(NC(C)=O)[C@H](COC[C@@H]2C(CO)O[C@@H](O)C(NC(C)=O)[C@H]2O)OC(CO)[C@H]1COC[C@@H]1OC(CO)[C@@H](O)[C@H](O)C1NC(C)=O)S(=O)(=O)O. The zero-order valence-electron chi connectivity index (χ0n) is 30.4. The van der Waals surface area contributed by atoms with Gasteiger partial charge in [0.2, 0.25) is 17.7 Å². The number of ether oxygens (including phenoxy) is 6. The first-order chi connectivity index (χ1) is 25.4. The molecule has 3 heterocycles. The Bertz CT molecular complexity index is 1330. The highest BCUT2D eigenvalue weighted by Gasteiger charge is 2.51. The van der Waals surface area contributed by atoms with Crippen molar-refractivity contribution in [3.8, 4) is 0 Å². The van der Waals surface area contributed by atoms with Crippen LogP contribution in [0.5, 0.6) is 0 Å². The molecule has 23 heteroatoms. The highest BCUT2D eigenvalue weighted by molar-refractivity contribution is 7.86. The van der Waals surface area contributed by atoms with Crippen molar-refractivity contribution >= 4 is 27.8 Å². The minimum Gasteiger partial charge on any atom is -0.394 e. The molecule has 0 aromatic heterocycles. The van der Waals surface area contributed by atoms with Crippen molar-refractivity contribution in [2.45, 2.75) is 119 Å². The largest absolute Gasteiger partial charge is 0.394 e. The molecule has 3 fully saturated rings. The number of rotatable bonds is 18. The first-order valence-corrected chi connectivity index (χ1v) is 19.0. The summed E-state index contributed by atoms with van der Waals surface area (Å²) < 4.78 is 69.5. The van der Waals surface area contributed by atoms with Crippen molar-refractivity contribution in [2.24, 2.45) is 11.8 Å². The number of aliphatic hydroxyl groups is 7. The molecular weight excluding hydrogens is 750 g/mol. The highest BCUT2D eigenvalue weighted by atomic mass is 32.2. The van der Waals surface area contributed by atoms with Gasteiger partial charge in [-0.05, 0) is 6.42 Å². The maximum atomic E-state index is 12.5. The smallest absolute Gasteiger partial charge is 0.292 e. The Morgan fingerprint density at radius 2 is 1.09 bits per heavy atom. The van der Waals surface area contributed by atoms with Crippen molar-refractivity contribution in [3.63, 3.8) is 0 Å². The highest BCUT2D eigenvalue weighted by Crippen LogP contribution is 2.33. The summed E-state index contributed by atoms with van der Waals surface area (Å²) in [5, 5.41) is 79.7. The third-order valence-electron chi connectivity index (χ3n) is 9.57. The average Bonchev–Trinajstić information content (AvgIpc) is 3.09. The fraction of sp³-hybridized carbons (Fsp3) is 0.903. The first-order valence-electron chi connectivity index (χ1n) is 17.5. The van der Waals surface area contributed by atoms with Crippen LogP contribution < -0.4 is 16.0 Å². The molecule has 3 aliphatic heterocycles. The number of hydrogen-bond acceptors (Lipinski definition) is 18. The van der Waals surface area contributed by atoms with E-state index in [1.165, 1.54) is 20.8 Å². The van der Waals surface area contributed by atoms with Gasteiger partial charge in [0, 0.05) is 32.6 Å². The summed E-state index contributed by atoms with van der Waals surface area (Å²) in [5.41, 5.74) is -1.81. The lowest BCUT2D eigenvalue weighted by atomic mass is 9.85. The summed E-state index contributed by atoms with van der Waals surface area (Å²) in [6, 6.07) is -3.69. The Morgan fingerprint density at radius 1 is 0.630 bits per heavy atom. The summed E-state index contributed by atoms with van der Waals surface area (Å²) in [5.74, 6) is -3.85. The summed E-state index contributed by atoms with van der Waals surface area (Å²) in [7, 11) is -4.83. The Labute approximate surface area is 312 Å². The van der Waals surface area contributed by atoms with E-state index in [1.54, 1.807) is 0 Å². The zero-order valence-corrected chi connectivity index (χ0v) is 31.2. The van der Waals surface area contributed by atoms with Crippen LogP contribution >= 0.6 is 0 Å². The minimum absolute atomic E-state index is 0.248. The van der Waals surface area contributed by atoms with E-state index in [1.807, 2.05) is 0 Å². The lowest BCUT2D eigenvalue weighted by molar-refractivity contribution is -0.249. The van der Waals surface area contributed by atoms with Gasteiger partial charge in [-0.1, -0.05) is 6.92 Å². The minimum atomic E-state index is -4.83. The maximum Gasteiger partial charge on any atom is 0.292 e. The number of carbonyl (C=O) groups is 3. The van der Waals surface area contributed by atoms with Crippen LogP contribution in [0.4, 0.5) is 0 Å². The quantitative estimate of drug-likeness (QED) is 0.0575. The van der Waals surface area contributed by atoms with Crippen molar-refractivity contribution < 1.29 is 91.5 Å². The van der Waals surface area contributed by atoms with Crippen LogP contribution in [0.15, 0.2) is 0 Å². The molecule has 54 heavy (non-hydrogen) atoms. The van der Waals surface area contributed by atoms with Crippen LogP contribution in [0.1, 0.15) is 34.1 Å². The molecule has 16 atom stereocenters. The van der Waals surface area contributed by atoms with Gasteiger partial charge in [-0.15, -0.1) is 0 Å². The number of aliphatic hydroxyl groups excluding tert-OH is 7. The lowest BCUT2D eigenvalue weighted by Gasteiger charge is -2.47. The zero-order chi connectivity index (χ0) is 40.5. The molecule has 0 spiro atoms. The number of carbonyl (C=O) groups excluding carboxylic acids is 3. The first kappa shape index (κ1) is 46.2. The number of hydrogen-bond donors (Lipinski definition) is 11. The summed E-state index contributed by atoms with van der Waals surface area (Å²) in [6.45, 7) is 1.37. The summed E-state index contributed by atoms with van der Waals surface area (Å²) in [6.07, 6.45) is -13.7. The molecule has 0 saturated carbocycles. The standard InChI is InChI=1S/C31H55N3O19S/c1-5-23(54(45,46)47)53-30-17(10-49-11-21-24(32-13(2)38)29(43)28(42)20(8-37)51-21)19(7-36)50-22(25(30)33-14(3)39)12-48-9-16-18(6-35)52-31(44)26(27(16)41)34-15(4)40/h16-31,35-37,41-44H,5-12H2,1-4H3,(H,32,38)(H,33,39)(H,34,40)(H,45,46,47)/t16-,17-,18?,19?,20?,21+,22+,23?,24?,25?,26?,27+,28-,29-,30+,31-/m1/s1. The Kier molecular flexibility index (Phi) is 17.8. The monoisotopic (exact) mass is 805 g/mol. The normalized spacial score (nSPS) is 38.0. The average molecular weight is 806 g/mol. The fourth-order valence-electron chi connectivity index (χ4n) is 6.96. The molecule has 3 aliphatic rings. The van der Waals surface area contributed by atoms with E-state index < -0.39 is 157 Å². The van der Waals surface area contributed by atoms with Crippen LogP contribution in [0, 0.1) is 11.8 Å². The van der Waals surface area contributed by atoms with Crippen molar-refractivity contribution in [1.29, 1.82) is 0 Å². The van der Waals surface area contributed by atoms with Crippen LogP contribution in [-0.2, 0) is 52.9 Å². The molecule has 11 N–H and O–H groups in total. The van der Waals surface area contributed by atoms with E-state index in [0.717, 1.165) is 6.92 Å². The molecule has 314 valence electrons. The topological polar surface area (TPSA) is 339 Å². The number of amides is 3. The van der Waals surface area contributed by atoms with Crippen LogP contribution in [0.3, 0.4) is 0 Å². The second kappa shape index (κ2) is 20.8. The molecule has 7 unspecified atom stereocenters. The van der Waals surface area contributed by atoms with Crippen molar-refractivity contribution in [3.05, 3.63) is 0 Å². The Morgan fingerprint density at radius 3 is 1.59 bits per heavy atom. The Balaban J connectivity index is 1.88. The summed E-state index contributed by atoms with van der Waals surface area (Å²) in [4.78, 5) is 36.1. The molecular formula is C31H55N3O19S. The molecule has 3 amide bonds. The molecule has 0 bridgehead atoms. The van der Waals surface area contributed by atoms with Gasteiger partial charge in [0.25, 0.3) is 10.1 Å². The molecule has 3 rings (SSSR count). The predicted molar refractivity (Wildman–Crippen MR) is 179 cm³/mol. The van der Waals surface area contributed by atoms with Gasteiger partial charge in [-0.25, -0.2) is 0 Å². The van der Waals surface area contributed by atoms with E-state index in [2.05, 4.69) is 16.0 Å². The van der Waals surface area contributed by atoms with Gasteiger partial charge in [-0.2, -0.15) is 8.42 Å². The van der Waals surface area contributed by atoms with E-state index in [-0.39, 0.29) is 19.6 Å². The van der Waals surface area contributed by atoms with Gasteiger partial charge in [0.1, 0.15) is 36.6 Å². The van der Waals surface area contributed by atoms with Crippen molar-refractivity contribution in [2.75, 3.05) is 46.2 Å². The molecule has 0 aromatic rings. The van der Waals surface area contributed by atoms with Crippen molar-refractivity contribution in [1.82, 2.24) is 16.0 Å². The van der Waals surface area contributed by atoms with Crippen LogP contribution in [0.2, 0.25) is 0 Å². The third-order valence-corrected chi connectivity index (χ3v) is 10.7. The lowest BCUT2D eigenvalue weighted by Crippen LogP contribution is -2.66. The van der Waals surface area contributed by atoms with Crippen LogP contribution in [0.25, 0.3) is 0 Å². The second-order valence-electron chi connectivity index (χ2n) is 13.5. The number of nitrogens with one attached hydrogen (secondary N) is 3. The maximum absolute atomic E-state index is 12.5. The fourth-order valence-corrected chi connectivity index (χ4v) is 7.65. The predicted octanol–water partition coefficient (Wildman–Crippen LogP) is -5.91. The van der Waals surface area contributed by atoms with Crippen LogP contribution in [-0.4, -0.2) is 197 Å². The molecule has 22 nitrogen and oxygen atoms in total. The second-order valence-corrected chi connectivity index (χ2v) is 15.1. The van der Waals surface area contributed by atoms with E-state index in [9.17, 15) is 63.1 Å². The molecule has 0 aromatic carbocycles. The Hall–Kier alpha value is -2.20. The van der Waals surface area contributed by atoms with E-state index in [4.69, 9.17) is 28.4 Å². The third kappa shape index (κ3) is 11.9. The van der Waals surface area contributed by atoms with Gasteiger partial charge in [0.05, 0.1) is 82.7 Å². The molecule has 0 aliphatic carbocycles. The van der Waals surface area contributed by atoms with Gasteiger partial charge >= 0.3 is 0 Å². The van der Waals surface area contributed by atoms with Gasteiger partial charge < -0.3 is 80.1 Å². The molecule has 3 saturated heterocycles. The van der Waals surface area contributed by atoms with Gasteiger partial charge in [0.15, 0.2) is 11.7 Å². The molecule has 0 radical (unpaired) electrons. The van der Waals surface area contributed by atoms with Gasteiger partial charge in [-0.3, -0.25) is 18.9 Å². The van der Waals surface area contributed by atoms with E-state index in [0.29, 0.717) is 0 Å². The summed E-state index contributed by atoms with van der Waals surface area (Å²) >= 11 is 0. The van der Waals surface area contributed by atoms with E-state index >= 15 is 0 Å².